The molecule has 0 aliphatic rings. The Labute approximate surface area is 107 Å². The van der Waals surface area contributed by atoms with Crippen LogP contribution < -0.4 is 10.6 Å². The highest BCUT2D eigenvalue weighted by molar-refractivity contribution is 5.90. The van der Waals surface area contributed by atoms with E-state index in [2.05, 4.69) is 21.7 Å². The number of methoxy groups -OCH3 is 1. The standard InChI is InChI=1S/C14H19N3O/c1-18-11-10-15-8-9-17-14-6-7-16-13-5-3-2-4-12(13)14/h2-7,15H,8-11H2,1H3,(H,16,17). The Bertz CT molecular complexity index is 482. The van der Waals surface area contributed by atoms with Crippen LogP contribution in [0.5, 0.6) is 0 Å². The van der Waals surface area contributed by atoms with Crippen molar-refractivity contribution in [3.63, 3.8) is 0 Å². The van der Waals surface area contributed by atoms with E-state index in [0.29, 0.717) is 0 Å². The van der Waals surface area contributed by atoms with E-state index in [1.54, 1.807) is 7.11 Å². The van der Waals surface area contributed by atoms with Gasteiger partial charge in [0.05, 0.1) is 12.1 Å². The maximum absolute atomic E-state index is 4.97. The normalized spacial score (nSPS) is 10.7. The number of pyridine rings is 1. The lowest BCUT2D eigenvalue weighted by Crippen LogP contribution is -2.25. The first-order valence-electron chi connectivity index (χ1n) is 6.19. The Hall–Kier alpha value is -1.65. The summed E-state index contributed by atoms with van der Waals surface area (Å²) >= 11 is 0. The summed E-state index contributed by atoms with van der Waals surface area (Å²) in [6.45, 7) is 3.44. The van der Waals surface area contributed by atoms with Crippen LogP contribution in [-0.4, -0.2) is 38.3 Å². The quantitative estimate of drug-likeness (QED) is 0.731. The molecule has 0 unspecified atom stereocenters. The fourth-order valence-electron chi connectivity index (χ4n) is 1.83. The summed E-state index contributed by atoms with van der Waals surface area (Å²) in [7, 11) is 1.71. The monoisotopic (exact) mass is 245 g/mol. The highest BCUT2D eigenvalue weighted by Gasteiger charge is 1.99. The van der Waals surface area contributed by atoms with Crippen LogP contribution in [0.1, 0.15) is 0 Å². The van der Waals surface area contributed by atoms with Gasteiger partial charge in [-0.3, -0.25) is 4.98 Å². The molecule has 0 amide bonds. The number of fused-ring (bicyclic) bond motifs is 1. The summed E-state index contributed by atoms with van der Waals surface area (Å²) < 4.78 is 4.97. The molecule has 0 saturated carbocycles. The van der Waals surface area contributed by atoms with Crippen molar-refractivity contribution in [3.05, 3.63) is 36.5 Å². The van der Waals surface area contributed by atoms with Crippen molar-refractivity contribution in [2.45, 2.75) is 0 Å². The molecule has 2 aromatic rings. The number of para-hydroxylation sites is 1. The second-order valence-electron chi connectivity index (χ2n) is 4.05. The molecule has 2 N–H and O–H groups in total. The minimum Gasteiger partial charge on any atom is -0.383 e. The lowest BCUT2D eigenvalue weighted by atomic mass is 10.2. The second-order valence-corrected chi connectivity index (χ2v) is 4.05. The maximum Gasteiger partial charge on any atom is 0.0722 e. The molecule has 18 heavy (non-hydrogen) atoms. The van der Waals surface area contributed by atoms with Gasteiger partial charge < -0.3 is 15.4 Å². The van der Waals surface area contributed by atoms with Gasteiger partial charge in [0, 0.05) is 44.0 Å². The molecule has 1 aromatic heterocycles. The van der Waals surface area contributed by atoms with Gasteiger partial charge in [-0.2, -0.15) is 0 Å². The molecule has 0 radical (unpaired) electrons. The first-order chi connectivity index (χ1) is 8.92. The van der Waals surface area contributed by atoms with Gasteiger partial charge >= 0.3 is 0 Å². The number of benzene rings is 1. The third kappa shape index (κ3) is 3.42. The molecule has 0 atom stereocenters. The molecule has 0 spiro atoms. The molecule has 0 saturated heterocycles. The van der Waals surface area contributed by atoms with Crippen LogP contribution in [0.15, 0.2) is 36.5 Å². The van der Waals surface area contributed by atoms with Crippen molar-refractivity contribution in [1.82, 2.24) is 10.3 Å². The summed E-state index contributed by atoms with van der Waals surface area (Å²) in [6, 6.07) is 10.2. The van der Waals surface area contributed by atoms with E-state index in [1.807, 2.05) is 30.5 Å². The maximum atomic E-state index is 4.97. The largest absolute Gasteiger partial charge is 0.383 e. The number of nitrogens with one attached hydrogen (secondary N) is 2. The van der Waals surface area contributed by atoms with Crippen LogP contribution >= 0.6 is 0 Å². The topological polar surface area (TPSA) is 46.2 Å². The molecule has 0 fully saturated rings. The third-order valence-corrected chi connectivity index (χ3v) is 2.75. The molecule has 0 aliphatic carbocycles. The zero-order valence-electron chi connectivity index (χ0n) is 10.6. The Morgan fingerprint density at radius 2 is 2.00 bits per heavy atom. The van der Waals surface area contributed by atoms with Crippen molar-refractivity contribution in [2.24, 2.45) is 0 Å². The predicted octanol–water partition coefficient (Wildman–Crippen LogP) is 1.88. The molecule has 96 valence electrons. The van der Waals surface area contributed by atoms with Crippen molar-refractivity contribution in [3.8, 4) is 0 Å². The molecule has 0 aliphatic heterocycles. The highest BCUT2D eigenvalue weighted by atomic mass is 16.5. The summed E-state index contributed by atoms with van der Waals surface area (Å²) in [6.07, 6.45) is 1.84. The molecule has 4 nitrogen and oxygen atoms in total. The van der Waals surface area contributed by atoms with Gasteiger partial charge in [-0.25, -0.2) is 0 Å². The minimum absolute atomic E-state index is 0.748. The van der Waals surface area contributed by atoms with Gasteiger partial charge in [0.2, 0.25) is 0 Å². The predicted molar refractivity (Wildman–Crippen MR) is 75.0 cm³/mol. The number of ether oxygens (including phenoxy) is 1. The SMILES string of the molecule is COCCNCCNc1ccnc2ccccc12. The van der Waals surface area contributed by atoms with Gasteiger partial charge in [0.15, 0.2) is 0 Å². The van der Waals surface area contributed by atoms with Crippen molar-refractivity contribution < 1.29 is 4.74 Å². The van der Waals surface area contributed by atoms with Gasteiger partial charge in [0.1, 0.15) is 0 Å². The van der Waals surface area contributed by atoms with Gasteiger partial charge in [-0.1, -0.05) is 18.2 Å². The smallest absolute Gasteiger partial charge is 0.0722 e. The van der Waals surface area contributed by atoms with Gasteiger partial charge in [-0.05, 0) is 12.1 Å². The van der Waals surface area contributed by atoms with Crippen LogP contribution in [0, 0.1) is 0 Å². The van der Waals surface area contributed by atoms with E-state index in [-0.39, 0.29) is 0 Å². The van der Waals surface area contributed by atoms with Crippen LogP contribution in [0.4, 0.5) is 5.69 Å². The van der Waals surface area contributed by atoms with Crippen molar-refractivity contribution in [1.29, 1.82) is 0 Å². The first kappa shape index (κ1) is 12.8. The Morgan fingerprint density at radius 3 is 2.89 bits per heavy atom. The molecule has 4 heteroatoms. The van der Waals surface area contributed by atoms with Gasteiger partial charge in [0.25, 0.3) is 0 Å². The van der Waals surface area contributed by atoms with Crippen LogP contribution in [0.3, 0.4) is 0 Å². The summed E-state index contributed by atoms with van der Waals surface area (Å²) in [5, 5.41) is 7.89. The van der Waals surface area contributed by atoms with Crippen LogP contribution in [-0.2, 0) is 4.74 Å². The molecule has 0 bridgehead atoms. The third-order valence-electron chi connectivity index (χ3n) is 2.75. The Morgan fingerprint density at radius 1 is 1.11 bits per heavy atom. The van der Waals surface area contributed by atoms with Gasteiger partial charge in [-0.15, -0.1) is 0 Å². The lowest BCUT2D eigenvalue weighted by molar-refractivity contribution is 0.200. The summed E-state index contributed by atoms with van der Waals surface area (Å²) in [5.41, 5.74) is 2.16. The molecule has 1 heterocycles. The molecule has 1 aromatic carbocycles. The number of rotatable bonds is 7. The molecular weight excluding hydrogens is 226 g/mol. The number of hydrogen-bond acceptors (Lipinski definition) is 4. The van der Waals surface area contributed by atoms with E-state index < -0.39 is 0 Å². The van der Waals surface area contributed by atoms with Crippen LogP contribution in [0.2, 0.25) is 0 Å². The summed E-state index contributed by atoms with van der Waals surface area (Å²) in [4.78, 5) is 4.34. The highest BCUT2D eigenvalue weighted by Crippen LogP contribution is 2.20. The number of anilines is 1. The Balaban J connectivity index is 1.88. The first-order valence-corrected chi connectivity index (χ1v) is 6.19. The van der Waals surface area contributed by atoms with E-state index >= 15 is 0 Å². The summed E-state index contributed by atoms with van der Waals surface area (Å²) in [5.74, 6) is 0. The Kier molecular flexibility index (Phi) is 4.93. The van der Waals surface area contributed by atoms with E-state index in [1.165, 1.54) is 0 Å². The second kappa shape index (κ2) is 6.93. The fraction of sp³-hybridized carbons (Fsp3) is 0.357. The average molecular weight is 245 g/mol. The molecular formula is C14H19N3O. The number of aromatic nitrogens is 1. The van der Waals surface area contributed by atoms with E-state index in [9.17, 15) is 0 Å². The minimum atomic E-state index is 0.748. The van der Waals surface area contributed by atoms with E-state index in [0.717, 1.165) is 42.8 Å². The number of hydrogen-bond donors (Lipinski definition) is 2. The number of nitrogens with zero attached hydrogens (tertiary/aromatic N) is 1. The lowest BCUT2D eigenvalue weighted by Gasteiger charge is -2.09. The average Bonchev–Trinajstić information content (AvgIpc) is 2.43. The fourth-order valence-corrected chi connectivity index (χ4v) is 1.83. The van der Waals surface area contributed by atoms with Crippen molar-refractivity contribution >= 4 is 16.6 Å². The molecule has 2 rings (SSSR count). The van der Waals surface area contributed by atoms with E-state index in [4.69, 9.17) is 4.74 Å². The van der Waals surface area contributed by atoms with Crippen LogP contribution in [0.25, 0.3) is 10.9 Å². The zero-order valence-corrected chi connectivity index (χ0v) is 10.6. The zero-order chi connectivity index (χ0) is 12.6. The van der Waals surface area contributed by atoms with Crippen molar-refractivity contribution in [2.75, 3.05) is 38.7 Å².